The Morgan fingerprint density at radius 1 is 1.19 bits per heavy atom. The van der Waals surface area contributed by atoms with Crippen LogP contribution in [0.15, 0.2) is 24.3 Å². The van der Waals surface area contributed by atoms with E-state index >= 15 is 0 Å². The van der Waals surface area contributed by atoms with Gasteiger partial charge in [0.25, 0.3) is 0 Å². The number of benzene rings is 1. The lowest BCUT2D eigenvalue weighted by Gasteiger charge is -2.29. The van der Waals surface area contributed by atoms with Crippen LogP contribution in [-0.2, 0) is 4.79 Å². The zero-order chi connectivity index (χ0) is 11.0. The van der Waals surface area contributed by atoms with E-state index in [0.717, 1.165) is 30.9 Å². The fourth-order valence-electron chi connectivity index (χ4n) is 2.47. The second kappa shape index (κ2) is 3.79. The molecular formula is C12H15N3O. The highest BCUT2D eigenvalue weighted by atomic mass is 16.2. The van der Waals surface area contributed by atoms with Gasteiger partial charge < -0.3 is 16.0 Å². The third-order valence-electron chi connectivity index (χ3n) is 3.34. The van der Waals surface area contributed by atoms with E-state index < -0.39 is 0 Å². The van der Waals surface area contributed by atoms with Crippen LogP contribution in [0, 0.1) is 5.92 Å². The van der Waals surface area contributed by atoms with Gasteiger partial charge in [-0.2, -0.15) is 0 Å². The maximum Gasteiger partial charge on any atom is 0.229 e. The van der Waals surface area contributed by atoms with Gasteiger partial charge in [0.2, 0.25) is 5.91 Å². The van der Waals surface area contributed by atoms with Gasteiger partial charge in [-0.3, -0.25) is 4.79 Å². The molecule has 1 fully saturated rings. The van der Waals surface area contributed by atoms with E-state index in [4.69, 9.17) is 0 Å². The zero-order valence-corrected chi connectivity index (χ0v) is 8.99. The van der Waals surface area contributed by atoms with Crippen molar-refractivity contribution in [3.8, 4) is 0 Å². The molecule has 1 aromatic carbocycles. The van der Waals surface area contributed by atoms with E-state index in [1.165, 1.54) is 0 Å². The molecule has 0 saturated carbocycles. The number of rotatable bonds is 0. The molecule has 2 aliphatic rings. The minimum Gasteiger partial charge on any atom is -0.379 e. The average Bonchev–Trinajstić information content (AvgIpc) is 2.45. The van der Waals surface area contributed by atoms with Gasteiger partial charge in [-0.05, 0) is 25.1 Å². The summed E-state index contributed by atoms with van der Waals surface area (Å²) < 4.78 is 0. The Hall–Kier alpha value is -1.55. The third-order valence-corrected chi connectivity index (χ3v) is 3.34. The van der Waals surface area contributed by atoms with Crippen molar-refractivity contribution in [1.29, 1.82) is 0 Å². The molecule has 3 N–H and O–H groups in total. The molecule has 4 nitrogen and oxygen atoms in total. The number of amides is 1. The molecule has 1 aromatic rings. The monoisotopic (exact) mass is 217 g/mol. The van der Waals surface area contributed by atoms with Crippen LogP contribution in [0.2, 0.25) is 0 Å². The molecule has 0 radical (unpaired) electrons. The summed E-state index contributed by atoms with van der Waals surface area (Å²) in [4.78, 5) is 12.0. The molecule has 2 aliphatic heterocycles. The summed E-state index contributed by atoms with van der Waals surface area (Å²) >= 11 is 0. The normalized spacial score (nSPS) is 28.1. The number of nitrogens with one attached hydrogen (secondary N) is 3. The van der Waals surface area contributed by atoms with Crippen molar-refractivity contribution in [2.24, 2.45) is 5.92 Å². The van der Waals surface area contributed by atoms with Gasteiger partial charge in [-0.25, -0.2) is 0 Å². The first-order valence-corrected chi connectivity index (χ1v) is 5.72. The number of para-hydroxylation sites is 2. The summed E-state index contributed by atoms with van der Waals surface area (Å²) in [5, 5.41) is 9.76. The number of carbonyl (C=O) groups excluding carboxylic acids is 1. The Bertz CT molecular complexity index is 418. The molecule has 3 rings (SSSR count). The lowest BCUT2D eigenvalue weighted by molar-refractivity contribution is -0.120. The van der Waals surface area contributed by atoms with Gasteiger partial charge in [0.05, 0.1) is 23.3 Å². The Morgan fingerprint density at radius 3 is 2.88 bits per heavy atom. The molecule has 0 aliphatic carbocycles. The van der Waals surface area contributed by atoms with Crippen LogP contribution in [0.25, 0.3) is 0 Å². The van der Waals surface area contributed by atoms with E-state index in [1.807, 2.05) is 24.3 Å². The zero-order valence-electron chi connectivity index (χ0n) is 8.99. The van der Waals surface area contributed by atoms with Gasteiger partial charge in [0.1, 0.15) is 0 Å². The second-order valence-corrected chi connectivity index (χ2v) is 4.38. The van der Waals surface area contributed by atoms with Crippen molar-refractivity contribution in [1.82, 2.24) is 5.32 Å². The third kappa shape index (κ3) is 1.55. The van der Waals surface area contributed by atoms with Crippen LogP contribution < -0.4 is 16.0 Å². The van der Waals surface area contributed by atoms with Gasteiger partial charge in [-0.15, -0.1) is 0 Å². The highest BCUT2D eigenvalue weighted by Crippen LogP contribution is 2.29. The maximum absolute atomic E-state index is 12.0. The number of carbonyl (C=O) groups is 1. The van der Waals surface area contributed by atoms with Crippen molar-refractivity contribution in [3.63, 3.8) is 0 Å². The summed E-state index contributed by atoms with van der Waals surface area (Å²) in [7, 11) is 0. The molecule has 2 heterocycles. The van der Waals surface area contributed by atoms with Crippen LogP contribution in [0.1, 0.15) is 6.42 Å². The van der Waals surface area contributed by atoms with E-state index in [0.29, 0.717) is 0 Å². The molecule has 0 aromatic heterocycles. The van der Waals surface area contributed by atoms with Gasteiger partial charge >= 0.3 is 0 Å². The van der Waals surface area contributed by atoms with E-state index in [9.17, 15) is 4.79 Å². The van der Waals surface area contributed by atoms with Crippen molar-refractivity contribution < 1.29 is 4.79 Å². The average molecular weight is 217 g/mol. The molecule has 1 saturated heterocycles. The quantitative estimate of drug-likeness (QED) is 0.608. The van der Waals surface area contributed by atoms with Crippen LogP contribution in [0.3, 0.4) is 0 Å². The summed E-state index contributed by atoms with van der Waals surface area (Å²) in [5.41, 5.74) is 1.91. The van der Waals surface area contributed by atoms with Crippen molar-refractivity contribution >= 4 is 17.3 Å². The number of fused-ring (bicyclic) bond motifs is 2. The highest BCUT2D eigenvalue weighted by Gasteiger charge is 2.33. The van der Waals surface area contributed by atoms with Gasteiger partial charge in [-0.1, -0.05) is 12.1 Å². The summed E-state index contributed by atoms with van der Waals surface area (Å²) in [6, 6.07) is 8.07. The minimum absolute atomic E-state index is 0.0775. The predicted molar refractivity (Wildman–Crippen MR) is 63.5 cm³/mol. The topological polar surface area (TPSA) is 53.2 Å². The lowest BCUT2D eigenvalue weighted by atomic mass is 9.92. The SMILES string of the molecule is O=C1Nc2ccccc2NC2CNCCC12. The lowest BCUT2D eigenvalue weighted by Crippen LogP contribution is -2.48. The van der Waals surface area contributed by atoms with Crippen molar-refractivity contribution in [2.75, 3.05) is 23.7 Å². The van der Waals surface area contributed by atoms with Crippen LogP contribution in [-0.4, -0.2) is 25.0 Å². The van der Waals surface area contributed by atoms with Crippen molar-refractivity contribution in [3.05, 3.63) is 24.3 Å². The molecular weight excluding hydrogens is 202 g/mol. The highest BCUT2D eigenvalue weighted by molar-refractivity contribution is 5.98. The first-order valence-electron chi connectivity index (χ1n) is 5.72. The number of anilines is 2. The largest absolute Gasteiger partial charge is 0.379 e. The molecule has 84 valence electrons. The number of piperidine rings is 1. The first-order chi connectivity index (χ1) is 7.84. The van der Waals surface area contributed by atoms with Crippen molar-refractivity contribution in [2.45, 2.75) is 12.5 Å². The molecule has 1 amide bonds. The summed E-state index contributed by atoms with van der Waals surface area (Å²) in [6.45, 7) is 1.78. The van der Waals surface area contributed by atoms with E-state index in [-0.39, 0.29) is 17.9 Å². The molecule has 0 bridgehead atoms. The Morgan fingerprint density at radius 2 is 2.00 bits per heavy atom. The van der Waals surface area contributed by atoms with Gasteiger partial charge in [0.15, 0.2) is 0 Å². The smallest absolute Gasteiger partial charge is 0.229 e. The Labute approximate surface area is 94.4 Å². The molecule has 4 heteroatoms. The fraction of sp³-hybridized carbons (Fsp3) is 0.417. The maximum atomic E-state index is 12.0. The Kier molecular flexibility index (Phi) is 2.29. The Balaban J connectivity index is 1.96. The van der Waals surface area contributed by atoms with E-state index in [2.05, 4.69) is 16.0 Å². The first kappa shape index (κ1) is 9.66. The summed E-state index contributed by atoms with van der Waals surface area (Å²) in [6.07, 6.45) is 0.900. The number of hydrogen-bond donors (Lipinski definition) is 3. The molecule has 2 unspecified atom stereocenters. The standard InChI is InChI=1S/C12H15N3O/c16-12-8-5-6-13-7-11(8)14-9-3-1-2-4-10(9)15-12/h1-4,8,11,13-14H,5-7H2,(H,15,16). The van der Waals surface area contributed by atoms with E-state index in [1.54, 1.807) is 0 Å². The van der Waals surface area contributed by atoms with Crippen LogP contribution in [0.5, 0.6) is 0 Å². The molecule has 0 spiro atoms. The van der Waals surface area contributed by atoms with Crippen LogP contribution in [0.4, 0.5) is 11.4 Å². The van der Waals surface area contributed by atoms with Crippen LogP contribution >= 0.6 is 0 Å². The molecule has 2 atom stereocenters. The minimum atomic E-state index is 0.0775. The molecule has 16 heavy (non-hydrogen) atoms. The predicted octanol–water partition coefficient (Wildman–Crippen LogP) is 1.03. The number of hydrogen-bond acceptors (Lipinski definition) is 3. The summed E-state index contributed by atoms with van der Waals surface area (Å²) in [5.74, 6) is 0.220. The second-order valence-electron chi connectivity index (χ2n) is 4.38. The van der Waals surface area contributed by atoms with Gasteiger partial charge in [0, 0.05) is 6.54 Å². The fourth-order valence-corrected chi connectivity index (χ4v) is 2.47.